The number of nitrogens with one attached hydrogen (secondary N) is 1. The predicted molar refractivity (Wildman–Crippen MR) is 83.9 cm³/mol. The van der Waals surface area contributed by atoms with Gasteiger partial charge in [0, 0.05) is 27.5 Å². The molecule has 0 radical (unpaired) electrons. The maximum Gasteiger partial charge on any atom is 0.157 e. The van der Waals surface area contributed by atoms with Gasteiger partial charge in [-0.05, 0) is 31.9 Å². The monoisotopic (exact) mass is 282 g/mol. The molecule has 0 amide bonds. The Kier molecular flexibility index (Phi) is 4.73. The molecule has 4 heteroatoms. The summed E-state index contributed by atoms with van der Waals surface area (Å²) in [5.41, 5.74) is 0. The molecular formula is C14H22N2S2. The van der Waals surface area contributed by atoms with Gasteiger partial charge >= 0.3 is 0 Å². The van der Waals surface area contributed by atoms with Gasteiger partial charge in [0.25, 0.3) is 0 Å². The Morgan fingerprint density at radius 2 is 2.17 bits per heavy atom. The van der Waals surface area contributed by atoms with E-state index in [1.807, 2.05) is 23.1 Å². The van der Waals surface area contributed by atoms with Crippen molar-refractivity contribution >= 4 is 28.3 Å². The summed E-state index contributed by atoms with van der Waals surface area (Å²) < 4.78 is 0. The minimum atomic E-state index is 0.459. The molecule has 2 atom stereocenters. The van der Waals surface area contributed by atoms with Gasteiger partial charge in [0.05, 0.1) is 6.54 Å². The third kappa shape index (κ3) is 3.75. The highest BCUT2D eigenvalue weighted by Gasteiger charge is 2.23. The van der Waals surface area contributed by atoms with Gasteiger partial charge in [0.15, 0.2) is 5.17 Å². The van der Waals surface area contributed by atoms with Crippen LogP contribution >= 0.6 is 23.1 Å². The number of hydrogen-bond acceptors (Lipinski definition) is 4. The first-order valence-corrected chi connectivity index (χ1v) is 8.27. The molecule has 1 aromatic rings. The van der Waals surface area contributed by atoms with Gasteiger partial charge in [-0.15, -0.1) is 11.3 Å². The summed E-state index contributed by atoms with van der Waals surface area (Å²) in [5.74, 6) is 0.702. The van der Waals surface area contributed by atoms with Crippen LogP contribution in [0.4, 0.5) is 0 Å². The van der Waals surface area contributed by atoms with E-state index in [1.54, 1.807) is 0 Å². The van der Waals surface area contributed by atoms with Crippen LogP contribution in [0.3, 0.4) is 0 Å². The van der Waals surface area contributed by atoms with Crippen molar-refractivity contribution in [1.29, 1.82) is 0 Å². The van der Waals surface area contributed by atoms with Crippen LogP contribution in [0, 0.1) is 12.8 Å². The topological polar surface area (TPSA) is 24.4 Å². The predicted octanol–water partition coefficient (Wildman–Crippen LogP) is 3.70. The molecule has 0 saturated carbocycles. The molecule has 18 heavy (non-hydrogen) atoms. The maximum atomic E-state index is 4.60. The van der Waals surface area contributed by atoms with Crippen molar-refractivity contribution < 1.29 is 0 Å². The zero-order valence-corrected chi connectivity index (χ0v) is 13.2. The summed E-state index contributed by atoms with van der Waals surface area (Å²) in [6, 6.07) is 4.89. The molecule has 0 aromatic carbocycles. The second-order valence-corrected chi connectivity index (χ2v) is 7.91. The quantitative estimate of drug-likeness (QED) is 0.910. The highest BCUT2D eigenvalue weighted by Crippen LogP contribution is 2.26. The van der Waals surface area contributed by atoms with E-state index in [1.165, 1.54) is 9.75 Å². The summed E-state index contributed by atoms with van der Waals surface area (Å²) in [7, 11) is 0. The summed E-state index contributed by atoms with van der Waals surface area (Å²) in [6.45, 7) is 9.91. The van der Waals surface area contributed by atoms with Crippen LogP contribution in [0.25, 0.3) is 0 Å². The molecule has 0 aliphatic carbocycles. The van der Waals surface area contributed by atoms with Crippen LogP contribution < -0.4 is 5.32 Å². The van der Waals surface area contributed by atoms with Crippen LogP contribution in [-0.4, -0.2) is 23.0 Å². The van der Waals surface area contributed by atoms with Gasteiger partial charge in [-0.3, -0.25) is 4.99 Å². The smallest absolute Gasteiger partial charge is 0.157 e. The van der Waals surface area contributed by atoms with Gasteiger partial charge in [0.1, 0.15) is 0 Å². The van der Waals surface area contributed by atoms with Gasteiger partial charge < -0.3 is 5.32 Å². The van der Waals surface area contributed by atoms with E-state index in [4.69, 9.17) is 0 Å². The molecule has 1 N–H and O–H groups in total. The van der Waals surface area contributed by atoms with Crippen LogP contribution in [0.1, 0.15) is 30.5 Å². The molecule has 0 fully saturated rings. The second-order valence-electron chi connectivity index (χ2n) is 5.31. The molecule has 0 spiro atoms. The lowest BCUT2D eigenvalue weighted by Gasteiger charge is -2.16. The van der Waals surface area contributed by atoms with Crippen LogP contribution in [0.2, 0.25) is 0 Å². The van der Waals surface area contributed by atoms with Crippen molar-refractivity contribution in [1.82, 2.24) is 5.32 Å². The Hall–Kier alpha value is -0.480. The average Bonchev–Trinajstić information content (AvgIpc) is 2.88. The summed E-state index contributed by atoms with van der Waals surface area (Å²) >= 11 is 3.80. The van der Waals surface area contributed by atoms with E-state index in [9.17, 15) is 0 Å². The molecule has 1 aliphatic heterocycles. The Morgan fingerprint density at radius 3 is 2.72 bits per heavy atom. The molecule has 0 saturated heterocycles. The minimum Gasteiger partial charge on any atom is -0.362 e. The van der Waals surface area contributed by atoms with E-state index in [-0.39, 0.29) is 0 Å². The third-order valence-electron chi connectivity index (χ3n) is 3.09. The zero-order chi connectivity index (χ0) is 13.1. The highest BCUT2D eigenvalue weighted by atomic mass is 32.2. The number of amidine groups is 1. The fourth-order valence-corrected chi connectivity index (χ4v) is 4.12. The standard InChI is InChI=1S/C14H22N2S2/c1-9(2)13-8-15-14(18-13)16-10(3)7-12-6-5-11(4)17-12/h5-6,9-10,13H,7-8H2,1-4H3,(H,15,16). The average molecular weight is 282 g/mol. The molecule has 2 nitrogen and oxygen atoms in total. The zero-order valence-electron chi connectivity index (χ0n) is 11.6. The minimum absolute atomic E-state index is 0.459. The number of rotatable bonds is 4. The number of aryl methyl sites for hydroxylation is 1. The van der Waals surface area contributed by atoms with E-state index >= 15 is 0 Å². The lowest BCUT2D eigenvalue weighted by atomic mass is 10.1. The van der Waals surface area contributed by atoms with Crippen LogP contribution in [0.5, 0.6) is 0 Å². The largest absolute Gasteiger partial charge is 0.362 e. The molecule has 1 aliphatic rings. The normalized spacial score (nSPS) is 21.2. The van der Waals surface area contributed by atoms with E-state index in [0.717, 1.165) is 18.1 Å². The maximum absolute atomic E-state index is 4.60. The van der Waals surface area contributed by atoms with Gasteiger partial charge in [-0.1, -0.05) is 25.6 Å². The van der Waals surface area contributed by atoms with Crippen molar-refractivity contribution in [3.63, 3.8) is 0 Å². The number of thioether (sulfide) groups is 1. The fraction of sp³-hybridized carbons (Fsp3) is 0.643. The first-order chi connectivity index (χ1) is 8.54. The Balaban J connectivity index is 1.80. The van der Waals surface area contributed by atoms with Crippen molar-refractivity contribution in [2.45, 2.75) is 45.4 Å². The van der Waals surface area contributed by atoms with E-state index in [2.05, 4.69) is 50.1 Å². The summed E-state index contributed by atoms with van der Waals surface area (Å²) in [4.78, 5) is 7.45. The SMILES string of the molecule is Cc1ccc(CC(C)NC2=NCC(C(C)C)S2)s1. The molecule has 2 heterocycles. The number of hydrogen-bond donors (Lipinski definition) is 1. The Labute approximate surface area is 118 Å². The lowest BCUT2D eigenvalue weighted by Crippen LogP contribution is -2.31. The van der Waals surface area contributed by atoms with E-state index < -0.39 is 0 Å². The summed E-state index contributed by atoms with van der Waals surface area (Å²) in [5, 5.41) is 5.33. The number of aliphatic imine (C=N–C) groups is 1. The van der Waals surface area contributed by atoms with Crippen LogP contribution in [-0.2, 0) is 6.42 Å². The third-order valence-corrected chi connectivity index (χ3v) is 5.58. The Morgan fingerprint density at radius 1 is 1.39 bits per heavy atom. The second kappa shape index (κ2) is 6.11. The molecule has 100 valence electrons. The number of nitrogens with zero attached hydrogens (tertiary/aromatic N) is 1. The lowest BCUT2D eigenvalue weighted by molar-refractivity contribution is 0.620. The van der Waals surface area contributed by atoms with Crippen molar-refractivity contribution in [2.75, 3.05) is 6.54 Å². The number of thiophene rings is 1. The van der Waals surface area contributed by atoms with Gasteiger partial charge in [-0.25, -0.2) is 0 Å². The van der Waals surface area contributed by atoms with Crippen molar-refractivity contribution in [3.05, 3.63) is 21.9 Å². The fourth-order valence-electron chi connectivity index (χ4n) is 1.98. The van der Waals surface area contributed by atoms with E-state index in [0.29, 0.717) is 17.2 Å². The van der Waals surface area contributed by atoms with Crippen molar-refractivity contribution in [2.24, 2.45) is 10.9 Å². The first kappa shape index (κ1) is 13.9. The molecule has 2 rings (SSSR count). The van der Waals surface area contributed by atoms with Gasteiger partial charge in [-0.2, -0.15) is 0 Å². The molecular weight excluding hydrogens is 260 g/mol. The Bertz CT molecular complexity index is 423. The first-order valence-electron chi connectivity index (χ1n) is 6.57. The molecule has 2 unspecified atom stereocenters. The molecule has 1 aromatic heterocycles. The summed E-state index contributed by atoms with van der Waals surface area (Å²) in [6.07, 6.45) is 1.09. The molecule has 0 bridgehead atoms. The van der Waals surface area contributed by atoms with Gasteiger partial charge in [0.2, 0.25) is 0 Å². The van der Waals surface area contributed by atoms with Crippen LogP contribution in [0.15, 0.2) is 17.1 Å². The van der Waals surface area contributed by atoms with Crippen molar-refractivity contribution in [3.8, 4) is 0 Å². The highest BCUT2D eigenvalue weighted by molar-refractivity contribution is 8.14.